The summed E-state index contributed by atoms with van der Waals surface area (Å²) in [4.78, 5) is 2.49. The molecule has 1 aromatic rings. The van der Waals surface area contributed by atoms with Gasteiger partial charge in [-0.25, -0.2) is 0 Å². The lowest BCUT2D eigenvalue weighted by molar-refractivity contribution is 0.228. The Kier molecular flexibility index (Phi) is 3.96. The molecule has 0 amide bonds. The van der Waals surface area contributed by atoms with Crippen molar-refractivity contribution in [2.45, 2.75) is 19.4 Å². The van der Waals surface area contributed by atoms with Gasteiger partial charge in [0.15, 0.2) is 0 Å². The quantitative estimate of drug-likeness (QED) is 0.916. The zero-order valence-electron chi connectivity index (χ0n) is 11.4. The number of hydrogen-bond donors (Lipinski definition) is 1. The van der Waals surface area contributed by atoms with Gasteiger partial charge in [-0.3, -0.25) is 4.90 Å². The number of ether oxygens (including phenoxy) is 1. The first-order valence-electron chi connectivity index (χ1n) is 7.07. The summed E-state index contributed by atoms with van der Waals surface area (Å²) in [7, 11) is 0. The molecule has 3 nitrogen and oxygen atoms in total. The Labute approximate surface area is 119 Å². The van der Waals surface area contributed by atoms with Crippen LogP contribution in [0.25, 0.3) is 0 Å². The monoisotopic (exact) mass is 280 g/mol. The third-order valence-corrected chi connectivity index (χ3v) is 4.55. The van der Waals surface area contributed by atoms with Crippen molar-refractivity contribution in [2.24, 2.45) is 5.92 Å². The predicted molar refractivity (Wildman–Crippen MR) is 78.0 cm³/mol. The number of likely N-dealkylation sites (tertiary alicyclic amines) is 1. The van der Waals surface area contributed by atoms with Crippen LogP contribution in [-0.2, 0) is 0 Å². The van der Waals surface area contributed by atoms with E-state index in [2.05, 4.69) is 10.2 Å². The fourth-order valence-corrected chi connectivity index (χ4v) is 3.47. The van der Waals surface area contributed by atoms with E-state index >= 15 is 0 Å². The Bertz CT molecular complexity index is 420. The van der Waals surface area contributed by atoms with Gasteiger partial charge in [-0.1, -0.05) is 23.7 Å². The van der Waals surface area contributed by atoms with Crippen LogP contribution in [0.1, 0.15) is 12.0 Å². The predicted octanol–water partition coefficient (Wildman–Crippen LogP) is 2.32. The highest BCUT2D eigenvalue weighted by Crippen LogP contribution is 2.28. The second kappa shape index (κ2) is 5.70. The molecule has 2 aliphatic heterocycles. The van der Waals surface area contributed by atoms with Crippen molar-refractivity contribution in [1.29, 1.82) is 0 Å². The fraction of sp³-hybridized carbons (Fsp3) is 0.600. The minimum absolute atomic E-state index is 0.708. The summed E-state index contributed by atoms with van der Waals surface area (Å²) in [6, 6.07) is 6.58. The number of para-hydroxylation sites is 1. The van der Waals surface area contributed by atoms with Gasteiger partial charge in [-0.15, -0.1) is 0 Å². The van der Waals surface area contributed by atoms with Gasteiger partial charge < -0.3 is 10.1 Å². The summed E-state index contributed by atoms with van der Waals surface area (Å²) in [6.45, 7) is 7.30. The maximum absolute atomic E-state index is 6.15. The lowest BCUT2D eigenvalue weighted by atomic mass is 10.1. The molecule has 1 aromatic carbocycles. The largest absolute Gasteiger partial charge is 0.490 e. The van der Waals surface area contributed by atoms with Crippen LogP contribution in [0.4, 0.5) is 0 Å². The minimum Gasteiger partial charge on any atom is -0.490 e. The van der Waals surface area contributed by atoms with Crippen LogP contribution in [0.3, 0.4) is 0 Å². The first kappa shape index (κ1) is 13.2. The summed E-state index contributed by atoms with van der Waals surface area (Å²) in [5.74, 6) is 1.68. The molecule has 0 radical (unpaired) electrons. The minimum atomic E-state index is 0.708. The van der Waals surface area contributed by atoms with Gasteiger partial charge in [0.1, 0.15) is 12.4 Å². The Morgan fingerprint density at radius 1 is 1.42 bits per heavy atom. The Morgan fingerprint density at radius 3 is 3.11 bits per heavy atom. The SMILES string of the molecule is Cc1cccc(Cl)c1OCCN1C[C@@H]2CCN[C@@H]2C1. The number of hydrogen-bond acceptors (Lipinski definition) is 3. The van der Waals surface area contributed by atoms with Gasteiger partial charge in [0.25, 0.3) is 0 Å². The Morgan fingerprint density at radius 2 is 2.32 bits per heavy atom. The van der Waals surface area contributed by atoms with E-state index in [1.54, 1.807) is 0 Å². The molecule has 0 bridgehead atoms. The second-order valence-electron chi connectivity index (χ2n) is 5.60. The van der Waals surface area contributed by atoms with Gasteiger partial charge in [0.05, 0.1) is 5.02 Å². The zero-order chi connectivity index (χ0) is 13.2. The second-order valence-corrected chi connectivity index (χ2v) is 6.01. The summed E-state index contributed by atoms with van der Waals surface area (Å²) in [5.41, 5.74) is 1.10. The number of halogens is 1. The van der Waals surface area contributed by atoms with Crippen LogP contribution in [0.15, 0.2) is 18.2 Å². The number of benzene rings is 1. The van der Waals surface area contributed by atoms with E-state index in [-0.39, 0.29) is 0 Å². The Balaban J connectivity index is 1.49. The third kappa shape index (κ3) is 2.88. The number of nitrogens with zero attached hydrogens (tertiary/aromatic N) is 1. The molecule has 0 aromatic heterocycles. The molecule has 19 heavy (non-hydrogen) atoms. The number of nitrogens with one attached hydrogen (secondary N) is 1. The molecule has 4 heteroatoms. The van der Waals surface area contributed by atoms with E-state index in [9.17, 15) is 0 Å². The lowest BCUT2D eigenvalue weighted by Crippen LogP contribution is -2.32. The molecule has 1 N–H and O–H groups in total. The summed E-state index contributed by atoms with van der Waals surface area (Å²) in [6.07, 6.45) is 1.33. The molecule has 2 aliphatic rings. The highest BCUT2D eigenvalue weighted by atomic mass is 35.5. The molecule has 2 heterocycles. The number of aryl methyl sites for hydroxylation is 1. The number of rotatable bonds is 4. The van der Waals surface area contributed by atoms with Crippen LogP contribution < -0.4 is 10.1 Å². The summed E-state index contributed by atoms with van der Waals surface area (Å²) < 4.78 is 5.86. The maximum atomic E-state index is 6.15. The van der Waals surface area contributed by atoms with Gasteiger partial charge in [0, 0.05) is 25.7 Å². The van der Waals surface area contributed by atoms with E-state index in [1.165, 1.54) is 19.5 Å². The zero-order valence-corrected chi connectivity index (χ0v) is 12.1. The van der Waals surface area contributed by atoms with Crippen LogP contribution in [-0.4, -0.2) is 43.7 Å². The first-order valence-corrected chi connectivity index (χ1v) is 7.45. The van der Waals surface area contributed by atoms with Gasteiger partial charge >= 0.3 is 0 Å². The molecule has 3 rings (SSSR count). The molecule has 2 atom stereocenters. The Hall–Kier alpha value is -0.770. The van der Waals surface area contributed by atoms with Crippen molar-refractivity contribution in [1.82, 2.24) is 10.2 Å². The highest BCUT2D eigenvalue weighted by molar-refractivity contribution is 6.32. The summed E-state index contributed by atoms with van der Waals surface area (Å²) >= 11 is 6.15. The molecule has 0 saturated carbocycles. The molecule has 104 valence electrons. The third-order valence-electron chi connectivity index (χ3n) is 4.26. The average molecular weight is 281 g/mol. The topological polar surface area (TPSA) is 24.5 Å². The van der Waals surface area contributed by atoms with E-state index < -0.39 is 0 Å². The molecular weight excluding hydrogens is 260 g/mol. The fourth-order valence-electron chi connectivity index (χ4n) is 3.20. The summed E-state index contributed by atoms with van der Waals surface area (Å²) in [5, 5.41) is 4.28. The van der Waals surface area contributed by atoms with Gasteiger partial charge in [-0.05, 0) is 37.4 Å². The normalized spacial score (nSPS) is 26.6. The first-order chi connectivity index (χ1) is 9.24. The van der Waals surface area contributed by atoms with Crippen LogP contribution >= 0.6 is 11.6 Å². The highest BCUT2D eigenvalue weighted by Gasteiger charge is 2.35. The van der Waals surface area contributed by atoms with Crippen LogP contribution in [0.5, 0.6) is 5.75 Å². The van der Waals surface area contributed by atoms with Crippen molar-refractivity contribution in [3.63, 3.8) is 0 Å². The van der Waals surface area contributed by atoms with Crippen LogP contribution in [0.2, 0.25) is 5.02 Å². The van der Waals surface area contributed by atoms with Crippen molar-refractivity contribution >= 4 is 11.6 Å². The van der Waals surface area contributed by atoms with Gasteiger partial charge in [-0.2, -0.15) is 0 Å². The molecule has 0 spiro atoms. The van der Waals surface area contributed by atoms with E-state index in [4.69, 9.17) is 16.3 Å². The standard InChI is InChI=1S/C15H21ClN2O/c1-11-3-2-4-13(16)15(11)19-8-7-18-9-12-5-6-17-14(12)10-18/h2-4,12,14,17H,5-10H2,1H3/t12-,14+/m0/s1. The van der Waals surface area contributed by atoms with Crippen molar-refractivity contribution in [2.75, 3.05) is 32.8 Å². The molecule has 0 aliphatic carbocycles. The van der Waals surface area contributed by atoms with E-state index in [0.29, 0.717) is 17.7 Å². The van der Waals surface area contributed by atoms with E-state index in [1.807, 2.05) is 25.1 Å². The smallest absolute Gasteiger partial charge is 0.140 e. The lowest BCUT2D eigenvalue weighted by Gasteiger charge is -2.18. The van der Waals surface area contributed by atoms with Gasteiger partial charge in [0.2, 0.25) is 0 Å². The molecule has 2 fully saturated rings. The van der Waals surface area contributed by atoms with E-state index in [0.717, 1.165) is 30.3 Å². The average Bonchev–Trinajstić information content (AvgIpc) is 2.93. The van der Waals surface area contributed by atoms with Crippen LogP contribution in [0, 0.1) is 12.8 Å². The molecule has 2 saturated heterocycles. The van der Waals surface area contributed by atoms with Crippen molar-refractivity contribution in [3.8, 4) is 5.75 Å². The van der Waals surface area contributed by atoms with Crippen molar-refractivity contribution < 1.29 is 4.74 Å². The molecule has 0 unspecified atom stereocenters. The van der Waals surface area contributed by atoms with Crippen molar-refractivity contribution in [3.05, 3.63) is 28.8 Å². The number of fused-ring (bicyclic) bond motifs is 1. The molecular formula is C15H21ClN2O. The maximum Gasteiger partial charge on any atom is 0.140 e.